The van der Waals surface area contributed by atoms with Crippen LogP contribution in [0.15, 0.2) is 18.2 Å². The average molecular weight is 281 g/mol. The Morgan fingerprint density at radius 2 is 2.05 bits per heavy atom. The van der Waals surface area contributed by atoms with Crippen molar-refractivity contribution in [1.82, 2.24) is 5.32 Å². The number of phenolic OH excluding ortho intramolecular Hbond substituents is 1. The van der Waals surface area contributed by atoms with Crippen molar-refractivity contribution in [2.24, 2.45) is 5.73 Å². The van der Waals surface area contributed by atoms with Crippen molar-refractivity contribution in [2.45, 2.75) is 32.9 Å². The highest BCUT2D eigenvalue weighted by Crippen LogP contribution is 2.16. The number of nitrogens with two attached hydrogens (primary N) is 1. The molecule has 0 aliphatic rings. The molecule has 1 rings (SSSR count). The van der Waals surface area contributed by atoms with E-state index in [2.05, 4.69) is 11.1 Å². The van der Waals surface area contributed by atoms with Crippen LogP contribution in [-0.4, -0.2) is 30.1 Å². The third-order valence-electron chi connectivity index (χ3n) is 2.09. The topological polar surface area (TPSA) is 108 Å². The van der Waals surface area contributed by atoms with Crippen LogP contribution < -0.4 is 11.1 Å². The Kier molecular flexibility index (Phi) is 7.31. The zero-order valence-corrected chi connectivity index (χ0v) is 12.4. The first-order valence-electron chi connectivity index (χ1n) is 6.19. The first kappa shape index (κ1) is 17.9. The van der Waals surface area contributed by atoms with Crippen LogP contribution in [0.25, 0.3) is 0 Å². The molecular weight excluding hydrogens is 258 g/mol. The quantitative estimate of drug-likeness (QED) is 0.635. The number of carbonyl (C=O) groups excluding carboxylic acids is 1. The zero-order chi connectivity index (χ0) is 15.8. The number of hydrogen-bond donors (Lipinski definition) is 4. The van der Waals surface area contributed by atoms with Gasteiger partial charge < -0.3 is 26.3 Å². The Bertz CT molecular complexity index is 453. The van der Waals surface area contributed by atoms with Gasteiger partial charge >= 0.3 is 6.09 Å². The summed E-state index contributed by atoms with van der Waals surface area (Å²) in [5.74, 6) is 0.0217. The molecule has 0 atom stereocenters. The molecule has 0 radical (unpaired) electrons. The third kappa shape index (κ3) is 6.75. The molecule has 6 heteroatoms. The van der Waals surface area contributed by atoms with Crippen LogP contribution in [0, 0.1) is 5.41 Å². The first-order valence-corrected chi connectivity index (χ1v) is 6.19. The fraction of sp³-hybridized carbons (Fsp3) is 0.429. The van der Waals surface area contributed by atoms with Crippen LogP contribution in [0.2, 0.25) is 0 Å². The van der Waals surface area contributed by atoms with Crippen LogP contribution >= 0.6 is 0 Å². The minimum absolute atomic E-state index is 0.0217. The van der Waals surface area contributed by atoms with Crippen LogP contribution in [0.4, 0.5) is 4.79 Å². The molecule has 0 saturated carbocycles. The summed E-state index contributed by atoms with van der Waals surface area (Å²) in [6.07, 6.45) is 0.568. The minimum Gasteiger partial charge on any atom is -0.507 e. The summed E-state index contributed by atoms with van der Waals surface area (Å²) in [5.41, 5.74) is 5.15. The average Bonchev–Trinajstić information content (AvgIpc) is 2.37. The van der Waals surface area contributed by atoms with Crippen molar-refractivity contribution in [3.05, 3.63) is 29.3 Å². The highest BCUT2D eigenvalue weighted by molar-refractivity contribution is 5.81. The summed E-state index contributed by atoms with van der Waals surface area (Å²) in [4.78, 5) is 11.4. The minimum atomic E-state index is -0.531. The summed E-state index contributed by atoms with van der Waals surface area (Å²) in [7, 11) is 1.50. The lowest BCUT2D eigenvalue weighted by atomic mass is 10.1. The lowest BCUT2D eigenvalue weighted by molar-refractivity contribution is 0.0523. The van der Waals surface area contributed by atoms with E-state index in [1.807, 2.05) is 0 Å². The maximum absolute atomic E-state index is 11.4. The Balaban J connectivity index is 0.00000172. The number of benzene rings is 1. The number of aromatic hydroxyl groups is 1. The molecule has 0 heterocycles. The molecular formula is C14H23N3O3. The molecule has 6 nitrogen and oxygen atoms in total. The van der Waals surface area contributed by atoms with E-state index >= 15 is 0 Å². The molecule has 0 unspecified atom stereocenters. The summed E-state index contributed by atoms with van der Waals surface area (Å²) >= 11 is 0. The van der Waals surface area contributed by atoms with Crippen LogP contribution in [0.5, 0.6) is 5.75 Å². The molecule has 5 N–H and O–H groups in total. The lowest BCUT2D eigenvalue weighted by Gasteiger charge is -2.19. The van der Waals surface area contributed by atoms with Gasteiger partial charge in [0.25, 0.3) is 0 Å². The number of ether oxygens (including phenoxy) is 1. The van der Waals surface area contributed by atoms with E-state index in [1.54, 1.807) is 32.9 Å². The molecule has 0 aliphatic heterocycles. The Morgan fingerprint density at radius 3 is 2.50 bits per heavy atom. The third-order valence-corrected chi connectivity index (χ3v) is 2.09. The molecule has 0 spiro atoms. The van der Waals surface area contributed by atoms with Crippen LogP contribution in [-0.2, 0) is 11.3 Å². The second-order valence-electron chi connectivity index (χ2n) is 4.89. The van der Waals surface area contributed by atoms with E-state index in [4.69, 9.17) is 10.1 Å². The second kappa shape index (κ2) is 8.16. The smallest absolute Gasteiger partial charge is 0.407 e. The zero-order valence-electron chi connectivity index (χ0n) is 12.4. The number of phenols is 1. The number of hydrogen-bond acceptors (Lipinski definition) is 5. The summed E-state index contributed by atoms with van der Waals surface area (Å²) < 4.78 is 5.09. The molecule has 0 bridgehead atoms. The standard InChI is InChI=1S/C13H18N2O3.CH5N/c1-13(2,3)18-12(17)15-8-9-4-5-10(7-14)11(16)6-9;1-2/h4-7,14,16H,8H2,1-3H3,(H,15,17);2H2,1H3. The predicted octanol–water partition coefficient (Wildman–Crippen LogP) is 1.99. The maximum Gasteiger partial charge on any atom is 0.407 e. The van der Waals surface area contributed by atoms with Crippen LogP contribution in [0.1, 0.15) is 31.9 Å². The van der Waals surface area contributed by atoms with E-state index in [0.717, 1.165) is 11.8 Å². The fourth-order valence-electron chi connectivity index (χ4n) is 1.31. The molecule has 20 heavy (non-hydrogen) atoms. The summed E-state index contributed by atoms with van der Waals surface area (Å²) in [5, 5.41) is 19.2. The van der Waals surface area contributed by atoms with Gasteiger partial charge in [0.05, 0.1) is 0 Å². The molecule has 112 valence electrons. The van der Waals surface area contributed by atoms with Crippen LogP contribution in [0.3, 0.4) is 0 Å². The van der Waals surface area contributed by atoms with Gasteiger partial charge in [0, 0.05) is 18.3 Å². The van der Waals surface area contributed by atoms with Crippen molar-refractivity contribution < 1.29 is 14.6 Å². The van der Waals surface area contributed by atoms with Gasteiger partial charge in [-0.25, -0.2) is 4.79 Å². The van der Waals surface area contributed by atoms with Crippen molar-refractivity contribution in [3.63, 3.8) is 0 Å². The SMILES string of the molecule is CC(C)(C)OC(=O)NCc1ccc(C=N)c(O)c1.CN. The first-order chi connectivity index (χ1) is 9.31. The highest BCUT2D eigenvalue weighted by Gasteiger charge is 2.15. The van der Waals surface area contributed by atoms with E-state index in [9.17, 15) is 9.90 Å². The number of carbonyl (C=O) groups is 1. The van der Waals surface area contributed by atoms with Gasteiger partial charge in [-0.3, -0.25) is 0 Å². The Hall–Kier alpha value is -2.08. The largest absolute Gasteiger partial charge is 0.507 e. The molecule has 1 amide bonds. The predicted molar refractivity (Wildman–Crippen MR) is 79.2 cm³/mol. The van der Waals surface area contributed by atoms with Gasteiger partial charge in [-0.2, -0.15) is 0 Å². The fourth-order valence-corrected chi connectivity index (χ4v) is 1.31. The summed E-state index contributed by atoms with van der Waals surface area (Å²) in [6.45, 7) is 5.63. The highest BCUT2D eigenvalue weighted by atomic mass is 16.6. The van der Waals surface area contributed by atoms with Crippen molar-refractivity contribution in [3.8, 4) is 5.75 Å². The van der Waals surface area contributed by atoms with Gasteiger partial charge in [0.1, 0.15) is 11.4 Å². The van der Waals surface area contributed by atoms with Crippen molar-refractivity contribution in [2.75, 3.05) is 7.05 Å². The van der Waals surface area contributed by atoms with E-state index in [-0.39, 0.29) is 12.3 Å². The van der Waals surface area contributed by atoms with E-state index < -0.39 is 11.7 Å². The normalized spacial score (nSPS) is 10.1. The van der Waals surface area contributed by atoms with Crippen molar-refractivity contribution in [1.29, 1.82) is 5.41 Å². The molecule has 0 fully saturated rings. The number of nitrogens with one attached hydrogen (secondary N) is 2. The molecule has 0 saturated heterocycles. The number of rotatable bonds is 3. The van der Waals surface area contributed by atoms with Gasteiger partial charge in [-0.05, 0) is 45.5 Å². The van der Waals surface area contributed by atoms with Crippen molar-refractivity contribution >= 4 is 12.3 Å². The summed E-state index contributed by atoms with van der Waals surface area (Å²) in [6, 6.07) is 4.86. The molecule has 0 aliphatic carbocycles. The van der Waals surface area contributed by atoms with Gasteiger partial charge in [0.15, 0.2) is 0 Å². The molecule has 0 aromatic heterocycles. The van der Waals surface area contributed by atoms with E-state index in [0.29, 0.717) is 5.56 Å². The Morgan fingerprint density at radius 1 is 1.45 bits per heavy atom. The lowest BCUT2D eigenvalue weighted by Crippen LogP contribution is -2.32. The second-order valence-corrected chi connectivity index (χ2v) is 4.89. The maximum atomic E-state index is 11.4. The Labute approximate surface area is 119 Å². The molecule has 1 aromatic rings. The van der Waals surface area contributed by atoms with Gasteiger partial charge in [-0.15, -0.1) is 0 Å². The van der Waals surface area contributed by atoms with Gasteiger partial charge in [-0.1, -0.05) is 6.07 Å². The number of alkyl carbamates (subject to hydrolysis) is 1. The monoisotopic (exact) mass is 281 g/mol. The molecule has 1 aromatic carbocycles. The van der Waals surface area contributed by atoms with Gasteiger partial charge in [0.2, 0.25) is 0 Å². The van der Waals surface area contributed by atoms with E-state index in [1.165, 1.54) is 13.1 Å². The number of amides is 1.